The Hall–Kier alpha value is -2.69. The van der Waals surface area contributed by atoms with E-state index in [-0.39, 0.29) is 11.7 Å². The van der Waals surface area contributed by atoms with E-state index in [9.17, 15) is 4.79 Å². The highest BCUT2D eigenvalue weighted by Crippen LogP contribution is 2.27. The summed E-state index contributed by atoms with van der Waals surface area (Å²) in [5.74, 6) is 1.63. The predicted molar refractivity (Wildman–Crippen MR) is 141 cm³/mol. The number of anilines is 1. The molecule has 1 amide bonds. The van der Waals surface area contributed by atoms with Crippen LogP contribution in [0.3, 0.4) is 0 Å². The van der Waals surface area contributed by atoms with E-state index >= 15 is 0 Å². The number of thiazole rings is 1. The fourth-order valence-electron chi connectivity index (χ4n) is 3.32. The Morgan fingerprint density at radius 3 is 2.71 bits per heavy atom. The minimum atomic E-state index is -0.138. The van der Waals surface area contributed by atoms with Crippen molar-refractivity contribution in [3.8, 4) is 17.0 Å². The van der Waals surface area contributed by atoms with Crippen LogP contribution in [0.2, 0.25) is 0 Å². The normalized spacial score (nSPS) is 10.9. The van der Waals surface area contributed by atoms with Gasteiger partial charge in [0.25, 0.3) is 0 Å². The van der Waals surface area contributed by atoms with Crippen molar-refractivity contribution in [2.24, 2.45) is 0 Å². The maximum Gasteiger partial charge on any atom is 0.236 e. The van der Waals surface area contributed by atoms with Crippen molar-refractivity contribution >= 4 is 50.1 Å². The molecule has 0 aliphatic rings. The molecule has 0 fully saturated rings. The molecule has 0 unspecified atom stereocenters. The van der Waals surface area contributed by atoms with E-state index in [0.717, 1.165) is 32.9 Å². The molecule has 1 N–H and O–H groups in total. The molecule has 4 aromatic rings. The van der Waals surface area contributed by atoms with E-state index in [4.69, 9.17) is 4.74 Å². The number of carbonyl (C=O) groups is 1. The molecular weight excluding hydrogens is 534 g/mol. The molecule has 34 heavy (non-hydrogen) atoms. The molecule has 7 nitrogen and oxygen atoms in total. The molecule has 0 saturated heterocycles. The molecule has 176 valence electrons. The van der Waals surface area contributed by atoms with Gasteiger partial charge in [-0.3, -0.25) is 4.79 Å². The Morgan fingerprint density at radius 2 is 1.97 bits per heavy atom. The Labute approximate surface area is 215 Å². The number of rotatable bonds is 9. The number of nitrogens with one attached hydrogen (secondary N) is 1. The summed E-state index contributed by atoms with van der Waals surface area (Å²) in [4.78, 5) is 17.0. The molecule has 0 aliphatic heterocycles. The fraction of sp³-hybridized carbons (Fsp3) is 0.250. The van der Waals surface area contributed by atoms with Gasteiger partial charge in [0, 0.05) is 22.0 Å². The lowest BCUT2D eigenvalue weighted by atomic mass is 10.1. The molecule has 2 aromatic heterocycles. The summed E-state index contributed by atoms with van der Waals surface area (Å²) in [6.07, 6.45) is 0. The maximum atomic E-state index is 12.5. The third kappa shape index (κ3) is 6.05. The molecule has 0 atom stereocenters. The molecule has 2 aromatic carbocycles. The number of halogens is 1. The lowest BCUT2D eigenvalue weighted by molar-refractivity contribution is -0.113. The largest absolute Gasteiger partial charge is 0.485 e. The molecule has 10 heteroatoms. The summed E-state index contributed by atoms with van der Waals surface area (Å²) in [6, 6.07) is 14.0. The number of hydrogen-bond acceptors (Lipinski definition) is 7. The predicted octanol–water partition coefficient (Wildman–Crippen LogP) is 6.11. The van der Waals surface area contributed by atoms with Crippen LogP contribution in [0.15, 0.2) is 57.5 Å². The number of ether oxygens (including phenoxy) is 1. The zero-order chi connectivity index (χ0) is 24.1. The molecule has 0 spiro atoms. The van der Waals surface area contributed by atoms with Gasteiger partial charge in [-0.1, -0.05) is 57.5 Å². The quantitative estimate of drug-likeness (QED) is 0.250. The first-order chi connectivity index (χ1) is 16.4. The van der Waals surface area contributed by atoms with E-state index in [1.54, 1.807) is 0 Å². The summed E-state index contributed by atoms with van der Waals surface area (Å²) in [7, 11) is 0. The first-order valence-electron chi connectivity index (χ1n) is 10.7. The second-order valence-electron chi connectivity index (χ2n) is 7.58. The Balaban J connectivity index is 1.33. The molecule has 4 rings (SSSR count). The van der Waals surface area contributed by atoms with Gasteiger partial charge in [-0.25, -0.2) is 4.98 Å². The average Bonchev–Trinajstić information content (AvgIpc) is 3.44. The SMILES string of the molecule is CCn1c(COc2ccc(C)cc2C)nnc1SCC(=O)Nc1nc(-c2ccc(Br)cc2)cs1. The standard InChI is InChI=1S/C24H24BrN5O2S2/c1-4-30-21(12-32-20-10-5-15(2)11-16(20)3)28-29-24(30)34-14-22(31)27-23-26-19(13-33-23)17-6-8-18(25)9-7-17/h5-11,13H,4,12,14H2,1-3H3,(H,26,27,31). The second kappa shape index (κ2) is 11.2. The molecule has 0 aliphatic carbocycles. The smallest absolute Gasteiger partial charge is 0.236 e. The molecular formula is C24H24BrN5O2S2. The minimum absolute atomic E-state index is 0.138. The maximum absolute atomic E-state index is 12.5. The summed E-state index contributed by atoms with van der Waals surface area (Å²) in [6.45, 7) is 7.10. The number of hydrogen-bond donors (Lipinski definition) is 1. The lowest BCUT2D eigenvalue weighted by Gasteiger charge is -2.11. The van der Waals surface area contributed by atoms with Gasteiger partial charge >= 0.3 is 0 Å². The third-order valence-corrected chi connectivity index (χ3v) is 7.27. The van der Waals surface area contributed by atoms with Crippen LogP contribution in [0.25, 0.3) is 11.3 Å². The van der Waals surface area contributed by atoms with Crippen molar-refractivity contribution in [3.63, 3.8) is 0 Å². The fourth-order valence-corrected chi connectivity index (χ4v) is 5.15. The topological polar surface area (TPSA) is 81.9 Å². The zero-order valence-electron chi connectivity index (χ0n) is 19.0. The Bertz CT molecular complexity index is 1290. The Morgan fingerprint density at radius 1 is 1.18 bits per heavy atom. The van der Waals surface area contributed by atoms with Crippen molar-refractivity contribution in [1.82, 2.24) is 19.7 Å². The monoisotopic (exact) mass is 557 g/mol. The first-order valence-corrected chi connectivity index (χ1v) is 13.3. The number of aryl methyl sites for hydroxylation is 2. The number of aromatic nitrogens is 4. The van der Waals surface area contributed by atoms with Gasteiger partial charge in [0.1, 0.15) is 12.4 Å². The van der Waals surface area contributed by atoms with Gasteiger partial charge in [0.2, 0.25) is 5.91 Å². The van der Waals surface area contributed by atoms with E-state index in [1.807, 2.05) is 60.2 Å². The van der Waals surface area contributed by atoms with Gasteiger partial charge < -0.3 is 14.6 Å². The van der Waals surface area contributed by atoms with Crippen molar-refractivity contribution < 1.29 is 9.53 Å². The third-order valence-electron chi connectivity index (χ3n) is 5.02. The van der Waals surface area contributed by atoms with Crippen molar-refractivity contribution in [2.45, 2.75) is 39.1 Å². The lowest BCUT2D eigenvalue weighted by Crippen LogP contribution is -2.14. The zero-order valence-corrected chi connectivity index (χ0v) is 22.3. The van der Waals surface area contributed by atoms with E-state index in [0.29, 0.717) is 23.4 Å². The van der Waals surface area contributed by atoms with Crippen molar-refractivity contribution in [3.05, 3.63) is 69.3 Å². The van der Waals surface area contributed by atoms with Crippen LogP contribution in [0, 0.1) is 13.8 Å². The summed E-state index contributed by atoms with van der Waals surface area (Å²) >= 11 is 6.18. The number of thioether (sulfide) groups is 1. The van der Waals surface area contributed by atoms with Gasteiger partial charge in [0.05, 0.1) is 11.4 Å². The van der Waals surface area contributed by atoms with Crippen LogP contribution < -0.4 is 10.1 Å². The van der Waals surface area contributed by atoms with Crippen LogP contribution in [0.1, 0.15) is 23.9 Å². The summed E-state index contributed by atoms with van der Waals surface area (Å²) in [5.41, 5.74) is 4.11. The molecule has 0 saturated carbocycles. The number of amides is 1. The Kier molecular flexibility index (Phi) is 8.02. The first kappa shape index (κ1) is 24.4. The summed E-state index contributed by atoms with van der Waals surface area (Å²) in [5, 5.41) is 14.6. The van der Waals surface area contributed by atoms with Crippen LogP contribution in [0.5, 0.6) is 5.75 Å². The van der Waals surface area contributed by atoms with E-state index in [1.165, 1.54) is 28.7 Å². The van der Waals surface area contributed by atoms with Gasteiger partial charge in [-0.15, -0.1) is 21.5 Å². The molecule has 0 radical (unpaired) electrons. The average molecular weight is 559 g/mol. The van der Waals surface area contributed by atoms with Crippen LogP contribution >= 0.6 is 39.0 Å². The highest BCUT2D eigenvalue weighted by molar-refractivity contribution is 9.10. The van der Waals surface area contributed by atoms with Gasteiger partial charge in [-0.05, 0) is 44.5 Å². The van der Waals surface area contributed by atoms with Crippen LogP contribution in [-0.4, -0.2) is 31.4 Å². The van der Waals surface area contributed by atoms with E-state index in [2.05, 4.69) is 49.4 Å². The van der Waals surface area contributed by atoms with Crippen molar-refractivity contribution in [2.75, 3.05) is 11.1 Å². The molecule has 2 heterocycles. The second-order valence-corrected chi connectivity index (χ2v) is 10.3. The van der Waals surface area contributed by atoms with Crippen molar-refractivity contribution in [1.29, 1.82) is 0 Å². The highest BCUT2D eigenvalue weighted by Gasteiger charge is 2.15. The number of benzene rings is 2. The van der Waals surface area contributed by atoms with Gasteiger partial charge in [-0.2, -0.15) is 0 Å². The number of carbonyl (C=O) groups excluding carboxylic acids is 1. The van der Waals surface area contributed by atoms with Crippen LogP contribution in [-0.2, 0) is 17.9 Å². The van der Waals surface area contributed by atoms with E-state index < -0.39 is 0 Å². The minimum Gasteiger partial charge on any atom is -0.485 e. The number of nitrogens with zero attached hydrogens (tertiary/aromatic N) is 4. The molecule has 0 bridgehead atoms. The van der Waals surface area contributed by atoms with Crippen LogP contribution in [0.4, 0.5) is 5.13 Å². The van der Waals surface area contributed by atoms with Gasteiger partial charge in [0.15, 0.2) is 16.1 Å². The highest BCUT2D eigenvalue weighted by atomic mass is 79.9. The summed E-state index contributed by atoms with van der Waals surface area (Å²) < 4.78 is 8.94.